The molecule has 36 heavy (non-hydrogen) atoms. The Morgan fingerprint density at radius 2 is 1.61 bits per heavy atom. The van der Waals surface area contributed by atoms with Crippen LogP contribution in [0, 0.1) is 10.1 Å². The first-order valence-corrected chi connectivity index (χ1v) is 12.4. The normalized spacial score (nSPS) is 16.8. The summed E-state index contributed by atoms with van der Waals surface area (Å²) in [6.45, 7) is 4.15. The van der Waals surface area contributed by atoms with Crippen molar-refractivity contribution in [3.63, 3.8) is 0 Å². The van der Waals surface area contributed by atoms with E-state index in [4.69, 9.17) is 14.5 Å². The Morgan fingerprint density at radius 1 is 1.00 bits per heavy atom. The van der Waals surface area contributed by atoms with Gasteiger partial charge < -0.3 is 9.47 Å². The maximum Gasteiger partial charge on any atom is 0.280 e. The fourth-order valence-electron chi connectivity index (χ4n) is 3.94. The maximum absolute atomic E-state index is 13.6. The van der Waals surface area contributed by atoms with Crippen LogP contribution in [0.1, 0.15) is 30.5 Å². The molecule has 3 aromatic rings. The third-order valence-electron chi connectivity index (χ3n) is 5.98. The molecular weight excluding hydrogens is 478 g/mol. The van der Waals surface area contributed by atoms with Crippen LogP contribution < -0.4 is 14.4 Å². The van der Waals surface area contributed by atoms with Crippen LogP contribution in [-0.4, -0.2) is 22.8 Å². The van der Waals surface area contributed by atoms with Crippen LogP contribution in [0.4, 0.5) is 17.1 Å². The Labute approximate surface area is 212 Å². The molecular formula is C27H23N3O5S. The van der Waals surface area contributed by atoms with Gasteiger partial charge >= 0.3 is 0 Å². The molecule has 0 saturated carbocycles. The number of rotatable bonds is 6. The minimum absolute atomic E-state index is 0.00461. The second kappa shape index (κ2) is 9.87. The summed E-state index contributed by atoms with van der Waals surface area (Å²) in [6.07, 6.45) is 3.32. The van der Waals surface area contributed by atoms with E-state index in [0.717, 1.165) is 18.4 Å². The Morgan fingerprint density at radius 3 is 2.22 bits per heavy atom. The smallest absolute Gasteiger partial charge is 0.280 e. The summed E-state index contributed by atoms with van der Waals surface area (Å²) in [4.78, 5) is 31.5. The van der Waals surface area contributed by atoms with Crippen molar-refractivity contribution in [3.8, 4) is 11.5 Å². The third-order valence-corrected chi connectivity index (χ3v) is 6.95. The van der Waals surface area contributed by atoms with Crippen molar-refractivity contribution in [2.75, 3.05) is 11.7 Å². The van der Waals surface area contributed by atoms with Gasteiger partial charge in [-0.3, -0.25) is 19.8 Å². The molecule has 2 aliphatic rings. The number of fused-ring (bicyclic) bond motifs is 1. The number of hydrogen-bond acceptors (Lipinski definition) is 7. The number of aliphatic imine (C=N–C) groups is 1. The Kier molecular flexibility index (Phi) is 6.47. The number of thioether (sulfide) groups is 1. The number of nitro benzene ring substituents is 1. The summed E-state index contributed by atoms with van der Waals surface area (Å²) in [6, 6.07) is 18.4. The molecule has 0 radical (unpaired) electrons. The van der Waals surface area contributed by atoms with Gasteiger partial charge in [0.25, 0.3) is 11.6 Å². The number of aryl methyl sites for hydroxylation is 2. The molecule has 3 aromatic carbocycles. The van der Waals surface area contributed by atoms with Crippen LogP contribution in [0.2, 0.25) is 0 Å². The number of amidine groups is 1. The lowest BCUT2D eigenvalue weighted by Crippen LogP contribution is -2.28. The molecule has 0 bridgehead atoms. The SMILES string of the molecule is CCc1ccc(N=C2S/C(=C\c3cc4c(cc3[N+](=O)[O-])OCO4)C(=O)N2c2ccc(CC)cc2)cc1. The van der Waals surface area contributed by atoms with Crippen molar-refractivity contribution in [2.45, 2.75) is 26.7 Å². The average molecular weight is 502 g/mol. The van der Waals surface area contributed by atoms with Gasteiger partial charge in [0.1, 0.15) is 0 Å². The van der Waals surface area contributed by atoms with E-state index in [-0.39, 0.29) is 24.0 Å². The van der Waals surface area contributed by atoms with Crippen molar-refractivity contribution >= 4 is 46.0 Å². The number of nitrogens with zero attached hydrogens (tertiary/aromatic N) is 3. The van der Waals surface area contributed by atoms with E-state index in [1.165, 1.54) is 35.5 Å². The number of benzene rings is 3. The molecule has 0 unspecified atom stereocenters. The highest BCUT2D eigenvalue weighted by Crippen LogP contribution is 2.42. The van der Waals surface area contributed by atoms with Crippen LogP contribution >= 0.6 is 11.8 Å². The summed E-state index contributed by atoms with van der Waals surface area (Å²) >= 11 is 1.18. The number of anilines is 1. The van der Waals surface area contributed by atoms with Crippen molar-refractivity contribution in [3.05, 3.63) is 92.4 Å². The van der Waals surface area contributed by atoms with Gasteiger partial charge in [-0.15, -0.1) is 0 Å². The molecule has 0 atom stereocenters. The summed E-state index contributed by atoms with van der Waals surface area (Å²) in [5.74, 6) is 0.407. The van der Waals surface area contributed by atoms with E-state index >= 15 is 0 Å². The highest BCUT2D eigenvalue weighted by Gasteiger charge is 2.35. The van der Waals surface area contributed by atoms with E-state index in [9.17, 15) is 14.9 Å². The Bertz CT molecular complexity index is 1400. The maximum atomic E-state index is 13.6. The Hall–Kier alpha value is -4.11. The first-order chi connectivity index (χ1) is 17.5. The van der Waals surface area contributed by atoms with Gasteiger partial charge in [0.15, 0.2) is 16.7 Å². The number of amides is 1. The second-order valence-electron chi connectivity index (χ2n) is 8.21. The van der Waals surface area contributed by atoms with Crippen LogP contribution in [0.15, 0.2) is 70.6 Å². The highest BCUT2D eigenvalue weighted by atomic mass is 32.2. The van der Waals surface area contributed by atoms with Crippen LogP contribution in [-0.2, 0) is 17.6 Å². The van der Waals surface area contributed by atoms with E-state index in [0.29, 0.717) is 32.9 Å². The molecule has 182 valence electrons. The molecule has 0 aromatic heterocycles. The lowest BCUT2D eigenvalue weighted by molar-refractivity contribution is -0.385. The van der Waals surface area contributed by atoms with E-state index < -0.39 is 4.92 Å². The summed E-state index contributed by atoms with van der Waals surface area (Å²) in [5.41, 5.74) is 3.83. The van der Waals surface area contributed by atoms with E-state index in [1.54, 1.807) is 4.90 Å². The van der Waals surface area contributed by atoms with Crippen molar-refractivity contribution < 1.29 is 19.2 Å². The predicted octanol–water partition coefficient (Wildman–Crippen LogP) is 6.26. The zero-order chi connectivity index (χ0) is 25.2. The van der Waals surface area contributed by atoms with Crippen molar-refractivity contribution in [2.24, 2.45) is 4.99 Å². The molecule has 8 nitrogen and oxygen atoms in total. The van der Waals surface area contributed by atoms with Crippen molar-refractivity contribution in [1.29, 1.82) is 0 Å². The van der Waals surface area contributed by atoms with E-state index in [2.05, 4.69) is 13.8 Å². The van der Waals surface area contributed by atoms with Crippen molar-refractivity contribution in [1.82, 2.24) is 0 Å². The zero-order valence-electron chi connectivity index (χ0n) is 19.8. The van der Waals surface area contributed by atoms with E-state index in [1.807, 2.05) is 48.5 Å². The topological polar surface area (TPSA) is 94.3 Å². The van der Waals surface area contributed by atoms with Gasteiger partial charge in [-0.05, 0) is 72.1 Å². The van der Waals surface area contributed by atoms with Crippen LogP contribution in [0.3, 0.4) is 0 Å². The number of carbonyl (C=O) groups is 1. The van der Waals surface area contributed by atoms with Gasteiger partial charge in [-0.1, -0.05) is 38.1 Å². The molecule has 1 saturated heterocycles. The number of carbonyl (C=O) groups excluding carboxylic acids is 1. The largest absolute Gasteiger partial charge is 0.454 e. The summed E-state index contributed by atoms with van der Waals surface area (Å²) in [7, 11) is 0. The van der Waals surface area contributed by atoms with Gasteiger partial charge in [-0.25, -0.2) is 4.99 Å². The molecule has 1 amide bonds. The zero-order valence-corrected chi connectivity index (χ0v) is 20.6. The van der Waals surface area contributed by atoms with Crippen LogP contribution in [0.5, 0.6) is 11.5 Å². The standard InChI is InChI=1S/C27H23N3O5S/c1-3-17-5-9-20(10-6-17)28-27-29(21-11-7-18(4-2)8-12-21)26(31)25(36-27)14-19-13-23-24(35-16-34-23)15-22(19)30(32)33/h5-15H,3-4,16H2,1-2H3/b25-14-,28-27?. The molecule has 9 heteroatoms. The molecule has 0 spiro atoms. The fourth-order valence-corrected chi connectivity index (χ4v) is 4.93. The minimum atomic E-state index is -0.496. The molecule has 0 N–H and O–H groups in total. The number of nitro groups is 1. The second-order valence-corrected chi connectivity index (χ2v) is 9.22. The Balaban J connectivity index is 1.58. The predicted molar refractivity (Wildman–Crippen MR) is 141 cm³/mol. The number of ether oxygens (including phenoxy) is 2. The lowest BCUT2D eigenvalue weighted by Gasteiger charge is -2.16. The minimum Gasteiger partial charge on any atom is -0.454 e. The molecule has 2 heterocycles. The average Bonchev–Trinajstić information content (AvgIpc) is 3.47. The highest BCUT2D eigenvalue weighted by molar-refractivity contribution is 8.19. The van der Waals surface area contributed by atoms with Crippen LogP contribution in [0.25, 0.3) is 6.08 Å². The number of hydrogen-bond donors (Lipinski definition) is 0. The first kappa shape index (κ1) is 23.6. The monoisotopic (exact) mass is 501 g/mol. The van der Waals surface area contributed by atoms with Gasteiger partial charge in [0.05, 0.1) is 32.8 Å². The quantitative estimate of drug-likeness (QED) is 0.225. The van der Waals surface area contributed by atoms with Gasteiger partial charge in [0, 0.05) is 0 Å². The molecule has 1 fully saturated rings. The summed E-state index contributed by atoms with van der Waals surface area (Å²) < 4.78 is 10.7. The summed E-state index contributed by atoms with van der Waals surface area (Å²) in [5, 5.41) is 12.2. The molecule has 2 aliphatic heterocycles. The first-order valence-electron chi connectivity index (χ1n) is 11.6. The van der Waals surface area contributed by atoms with Gasteiger partial charge in [-0.2, -0.15) is 0 Å². The lowest BCUT2D eigenvalue weighted by atomic mass is 10.1. The fraction of sp³-hybridized carbons (Fsp3) is 0.185. The molecule has 0 aliphatic carbocycles. The third kappa shape index (κ3) is 4.57. The molecule has 5 rings (SSSR count). The van der Waals surface area contributed by atoms with Gasteiger partial charge in [0.2, 0.25) is 6.79 Å².